The van der Waals surface area contributed by atoms with Crippen molar-refractivity contribution in [1.82, 2.24) is 0 Å². The van der Waals surface area contributed by atoms with Gasteiger partial charge >= 0.3 is 5.92 Å². The molecule has 1 N–H and O–H groups in total. The van der Waals surface area contributed by atoms with Crippen LogP contribution in [-0.2, 0) is 10.7 Å². The molecule has 108 valence electrons. The number of ether oxygens (including phenoxy) is 2. The zero-order valence-corrected chi connectivity index (χ0v) is 11.7. The van der Waals surface area contributed by atoms with Crippen LogP contribution in [0.2, 0.25) is 5.02 Å². The molecule has 0 aromatic heterocycles. The van der Waals surface area contributed by atoms with Crippen LogP contribution in [0.5, 0.6) is 5.75 Å². The van der Waals surface area contributed by atoms with Crippen molar-refractivity contribution < 1.29 is 23.4 Å². The first-order valence-electron chi connectivity index (χ1n) is 5.93. The first-order chi connectivity index (χ1) is 8.78. The fourth-order valence-electron chi connectivity index (χ4n) is 1.46. The third kappa shape index (κ3) is 4.03. The van der Waals surface area contributed by atoms with Gasteiger partial charge in [-0.3, -0.25) is 0 Å². The molecule has 0 spiro atoms. The van der Waals surface area contributed by atoms with Gasteiger partial charge in [-0.1, -0.05) is 17.7 Å². The maximum absolute atomic E-state index is 13.9. The Bertz CT molecular complexity index is 424. The lowest BCUT2D eigenvalue weighted by atomic mass is 10.1. The van der Waals surface area contributed by atoms with E-state index >= 15 is 0 Å². The van der Waals surface area contributed by atoms with E-state index in [0.717, 1.165) is 12.1 Å². The van der Waals surface area contributed by atoms with Crippen LogP contribution in [0.25, 0.3) is 0 Å². The summed E-state index contributed by atoms with van der Waals surface area (Å²) in [4.78, 5) is 0. The summed E-state index contributed by atoms with van der Waals surface area (Å²) in [6, 6.07) is 3.56. The van der Waals surface area contributed by atoms with E-state index in [4.69, 9.17) is 16.3 Å². The Hall–Kier alpha value is -0.910. The minimum Gasteiger partial charge on any atom is -0.489 e. The molecule has 0 amide bonds. The summed E-state index contributed by atoms with van der Waals surface area (Å²) in [5.74, 6) is -3.38. The molecule has 0 aliphatic rings. The fraction of sp³-hybridized carbons (Fsp3) is 0.538. The molecule has 3 nitrogen and oxygen atoms in total. The summed E-state index contributed by atoms with van der Waals surface area (Å²) in [5.41, 5.74) is -0.409. The fourth-order valence-corrected chi connectivity index (χ4v) is 1.62. The Kier molecular flexibility index (Phi) is 5.52. The minimum atomic E-state index is -3.53. The van der Waals surface area contributed by atoms with Gasteiger partial charge in [-0.25, -0.2) is 0 Å². The standard InChI is InChI=1S/C13H17ClF2O3/c1-4-18-12(17)13(15,16)9-5-6-10(14)11(7-9)19-8(2)3/h5-8,12,17H,4H2,1-3H3. The van der Waals surface area contributed by atoms with Crippen molar-refractivity contribution in [1.29, 1.82) is 0 Å². The minimum absolute atomic E-state index is 0.0142. The van der Waals surface area contributed by atoms with Crippen LogP contribution in [0.1, 0.15) is 26.3 Å². The third-order valence-electron chi connectivity index (χ3n) is 2.31. The highest BCUT2D eigenvalue weighted by Gasteiger charge is 2.41. The molecule has 0 bridgehead atoms. The quantitative estimate of drug-likeness (QED) is 0.815. The number of hydrogen-bond acceptors (Lipinski definition) is 3. The lowest BCUT2D eigenvalue weighted by molar-refractivity contribution is -0.238. The third-order valence-corrected chi connectivity index (χ3v) is 2.63. The van der Waals surface area contributed by atoms with Crippen LogP contribution in [0.15, 0.2) is 18.2 Å². The predicted octanol–water partition coefficient (Wildman–Crippen LogP) is 3.57. The summed E-state index contributed by atoms with van der Waals surface area (Å²) in [7, 11) is 0. The topological polar surface area (TPSA) is 38.7 Å². The molecule has 1 unspecified atom stereocenters. The van der Waals surface area contributed by atoms with Gasteiger partial charge in [-0.15, -0.1) is 0 Å². The van der Waals surface area contributed by atoms with Crippen LogP contribution < -0.4 is 4.74 Å². The van der Waals surface area contributed by atoms with Gasteiger partial charge in [0.05, 0.1) is 11.1 Å². The van der Waals surface area contributed by atoms with Crippen molar-refractivity contribution in [2.75, 3.05) is 6.61 Å². The highest BCUT2D eigenvalue weighted by Crippen LogP contribution is 2.37. The summed E-state index contributed by atoms with van der Waals surface area (Å²) < 4.78 is 37.7. The number of hydrogen-bond donors (Lipinski definition) is 1. The molecule has 0 heterocycles. The predicted molar refractivity (Wildman–Crippen MR) is 68.7 cm³/mol. The molecule has 19 heavy (non-hydrogen) atoms. The Labute approximate surface area is 116 Å². The highest BCUT2D eigenvalue weighted by atomic mass is 35.5. The van der Waals surface area contributed by atoms with Crippen LogP contribution in [0, 0.1) is 0 Å². The average Bonchev–Trinajstić information content (AvgIpc) is 2.31. The lowest BCUT2D eigenvalue weighted by Crippen LogP contribution is -2.33. The Morgan fingerprint density at radius 1 is 1.37 bits per heavy atom. The summed E-state index contributed by atoms with van der Waals surface area (Å²) in [5, 5.41) is 9.56. The zero-order valence-electron chi connectivity index (χ0n) is 11.0. The number of rotatable bonds is 6. The van der Waals surface area contributed by atoms with E-state index < -0.39 is 17.8 Å². The second-order valence-corrected chi connectivity index (χ2v) is 4.65. The molecule has 0 aliphatic carbocycles. The van der Waals surface area contributed by atoms with E-state index in [1.807, 2.05) is 0 Å². The zero-order chi connectivity index (χ0) is 14.6. The summed E-state index contributed by atoms with van der Waals surface area (Å²) in [6.07, 6.45) is -2.40. The van der Waals surface area contributed by atoms with Gasteiger partial charge in [0.2, 0.25) is 6.29 Å². The first-order valence-corrected chi connectivity index (χ1v) is 6.31. The van der Waals surface area contributed by atoms with Crippen LogP contribution >= 0.6 is 11.6 Å². The van der Waals surface area contributed by atoms with Crippen molar-refractivity contribution in [2.45, 2.75) is 39.1 Å². The molecule has 0 saturated carbocycles. The summed E-state index contributed by atoms with van der Waals surface area (Å²) >= 11 is 5.87. The molecule has 1 aromatic carbocycles. The molecular formula is C13H17ClF2O3. The van der Waals surface area contributed by atoms with E-state index in [2.05, 4.69) is 4.74 Å². The maximum atomic E-state index is 13.9. The summed E-state index contributed by atoms with van der Waals surface area (Å²) in [6.45, 7) is 5.03. The van der Waals surface area contributed by atoms with Crippen molar-refractivity contribution in [2.24, 2.45) is 0 Å². The Balaban J connectivity index is 3.06. The number of benzene rings is 1. The molecule has 1 rings (SSSR count). The molecule has 1 aromatic rings. The van der Waals surface area contributed by atoms with Crippen molar-refractivity contribution in [3.05, 3.63) is 28.8 Å². The number of halogens is 3. The van der Waals surface area contributed by atoms with Crippen molar-refractivity contribution in [3.63, 3.8) is 0 Å². The van der Waals surface area contributed by atoms with E-state index in [9.17, 15) is 13.9 Å². The number of alkyl halides is 2. The van der Waals surface area contributed by atoms with Crippen LogP contribution in [-0.4, -0.2) is 24.1 Å². The monoisotopic (exact) mass is 294 g/mol. The molecular weight excluding hydrogens is 278 g/mol. The lowest BCUT2D eigenvalue weighted by Gasteiger charge is -2.23. The van der Waals surface area contributed by atoms with E-state index in [-0.39, 0.29) is 23.5 Å². The second-order valence-electron chi connectivity index (χ2n) is 4.24. The molecule has 6 heteroatoms. The van der Waals surface area contributed by atoms with Gasteiger partial charge in [-0.05, 0) is 32.9 Å². The van der Waals surface area contributed by atoms with Crippen LogP contribution in [0.3, 0.4) is 0 Å². The van der Waals surface area contributed by atoms with E-state index in [1.54, 1.807) is 13.8 Å². The van der Waals surface area contributed by atoms with Gasteiger partial charge in [0.15, 0.2) is 0 Å². The van der Waals surface area contributed by atoms with E-state index in [0.29, 0.717) is 0 Å². The van der Waals surface area contributed by atoms with Gasteiger partial charge in [0.25, 0.3) is 0 Å². The first kappa shape index (κ1) is 16.1. The van der Waals surface area contributed by atoms with Crippen LogP contribution in [0.4, 0.5) is 8.78 Å². The van der Waals surface area contributed by atoms with Crippen molar-refractivity contribution >= 4 is 11.6 Å². The van der Waals surface area contributed by atoms with Gasteiger partial charge in [-0.2, -0.15) is 8.78 Å². The van der Waals surface area contributed by atoms with Gasteiger partial charge < -0.3 is 14.6 Å². The molecule has 0 radical (unpaired) electrons. The largest absolute Gasteiger partial charge is 0.489 e. The van der Waals surface area contributed by atoms with Crippen molar-refractivity contribution in [3.8, 4) is 5.75 Å². The second kappa shape index (κ2) is 6.50. The van der Waals surface area contributed by atoms with Gasteiger partial charge in [0, 0.05) is 12.2 Å². The smallest absolute Gasteiger partial charge is 0.322 e. The van der Waals surface area contributed by atoms with Gasteiger partial charge in [0.1, 0.15) is 5.75 Å². The normalized spacial score (nSPS) is 13.7. The molecule has 1 atom stereocenters. The van der Waals surface area contributed by atoms with E-state index in [1.165, 1.54) is 13.0 Å². The average molecular weight is 295 g/mol. The highest BCUT2D eigenvalue weighted by molar-refractivity contribution is 6.32. The maximum Gasteiger partial charge on any atom is 0.322 e. The Morgan fingerprint density at radius 3 is 2.53 bits per heavy atom. The Morgan fingerprint density at radius 2 is 2.00 bits per heavy atom. The SMILES string of the molecule is CCOC(O)C(F)(F)c1ccc(Cl)c(OC(C)C)c1. The number of aliphatic hydroxyl groups excluding tert-OH is 1. The molecule has 0 saturated heterocycles. The number of aliphatic hydroxyl groups is 1. The molecule has 0 aliphatic heterocycles. The molecule has 0 fully saturated rings.